The molecule has 1 heterocycles. The number of likely N-dealkylation sites (N-methyl/N-ethyl adjacent to an activating group) is 3. The lowest BCUT2D eigenvalue weighted by atomic mass is 10.3. The maximum absolute atomic E-state index is 9.00. The molecule has 0 saturated heterocycles. The van der Waals surface area contributed by atoms with Gasteiger partial charge in [0.15, 0.2) is 0 Å². The summed E-state index contributed by atoms with van der Waals surface area (Å²) < 4.78 is 0. The Morgan fingerprint density at radius 2 is 1.90 bits per heavy atom. The lowest BCUT2D eigenvalue weighted by molar-refractivity contribution is 0.151. The van der Waals surface area contributed by atoms with Crippen LogP contribution in [0.1, 0.15) is 27.2 Å². The third-order valence-electron chi connectivity index (χ3n) is 4.11. The number of hydrogen-bond donors (Lipinski definition) is 1. The maximum Gasteiger partial charge on any atom is 0.120 e. The quantitative estimate of drug-likeness (QED) is 0.653. The van der Waals surface area contributed by atoms with Crippen LogP contribution in [-0.2, 0) is 0 Å². The fourth-order valence-electron chi connectivity index (χ4n) is 2.75. The van der Waals surface area contributed by atoms with Crippen LogP contribution in [0, 0.1) is 0 Å². The van der Waals surface area contributed by atoms with Crippen molar-refractivity contribution in [3.05, 3.63) is 12.0 Å². The van der Waals surface area contributed by atoms with Crippen molar-refractivity contribution in [3.63, 3.8) is 0 Å². The molecule has 5 heteroatoms. The topological polar surface area (TPSA) is 33.2 Å². The average Bonchev–Trinajstić information content (AvgIpc) is 2.49. The summed E-state index contributed by atoms with van der Waals surface area (Å²) in [6.07, 6.45) is 3.54. The summed E-state index contributed by atoms with van der Waals surface area (Å²) in [5, 5.41) is 9.00. The first-order chi connectivity index (χ1) is 10.2. The van der Waals surface area contributed by atoms with Gasteiger partial charge >= 0.3 is 0 Å². The molecule has 0 amide bonds. The average molecular weight is 298 g/mol. The van der Waals surface area contributed by atoms with E-state index in [1.54, 1.807) is 0 Å². The van der Waals surface area contributed by atoms with E-state index < -0.39 is 0 Å². The van der Waals surface area contributed by atoms with Gasteiger partial charge in [-0.3, -0.25) is 0 Å². The van der Waals surface area contributed by atoms with Gasteiger partial charge < -0.3 is 24.7 Å². The van der Waals surface area contributed by atoms with E-state index in [1.165, 1.54) is 12.2 Å². The van der Waals surface area contributed by atoms with E-state index in [0.717, 1.165) is 52.4 Å². The van der Waals surface area contributed by atoms with Gasteiger partial charge in [-0.15, -0.1) is 0 Å². The fraction of sp³-hybridized carbons (Fsp3) is 0.875. The Morgan fingerprint density at radius 1 is 1.14 bits per heavy atom. The highest BCUT2D eigenvalue weighted by molar-refractivity contribution is 5.04. The minimum absolute atomic E-state index is 0.233. The molecule has 1 aliphatic rings. The van der Waals surface area contributed by atoms with Gasteiger partial charge in [-0.1, -0.05) is 6.92 Å². The van der Waals surface area contributed by atoms with Crippen molar-refractivity contribution in [2.24, 2.45) is 0 Å². The van der Waals surface area contributed by atoms with Crippen LogP contribution in [-0.4, -0.2) is 90.7 Å². The SMILES string of the molecule is CCCN1C=C(N(CC)CCN(C)CCO)N(CC)CC1. The van der Waals surface area contributed by atoms with Crippen LogP contribution in [0.15, 0.2) is 12.0 Å². The molecule has 5 nitrogen and oxygen atoms in total. The van der Waals surface area contributed by atoms with Crippen LogP contribution in [0.25, 0.3) is 0 Å². The zero-order valence-corrected chi connectivity index (χ0v) is 14.4. The molecule has 1 aliphatic heterocycles. The third kappa shape index (κ3) is 5.75. The van der Waals surface area contributed by atoms with Crippen molar-refractivity contribution in [1.29, 1.82) is 0 Å². The van der Waals surface area contributed by atoms with Gasteiger partial charge in [0.25, 0.3) is 0 Å². The van der Waals surface area contributed by atoms with Crippen molar-refractivity contribution in [2.75, 3.05) is 66.0 Å². The summed E-state index contributed by atoms with van der Waals surface area (Å²) in [4.78, 5) is 9.56. The molecular weight excluding hydrogens is 264 g/mol. The first kappa shape index (κ1) is 18.1. The van der Waals surface area contributed by atoms with Gasteiger partial charge in [-0.05, 0) is 27.3 Å². The van der Waals surface area contributed by atoms with Gasteiger partial charge in [-0.25, -0.2) is 0 Å². The minimum Gasteiger partial charge on any atom is -0.395 e. The summed E-state index contributed by atoms with van der Waals surface area (Å²) in [7, 11) is 2.07. The number of hydrogen-bond acceptors (Lipinski definition) is 5. The van der Waals surface area contributed by atoms with Crippen molar-refractivity contribution >= 4 is 0 Å². The molecule has 0 spiro atoms. The molecule has 124 valence electrons. The Bertz CT molecular complexity index is 309. The van der Waals surface area contributed by atoms with E-state index in [4.69, 9.17) is 5.11 Å². The van der Waals surface area contributed by atoms with Gasteiger partial charge in [0.05, 0.1) is 6.61 Å². The predicted octanol–water partition coefficient (Wildman–Crippen LogP) is 1.08. The summed E-state index contributed by atoms with van der Waals surface area (Å²) in [6.45, 7) is 15.1. The second-order valence-electron chi connectivity index (χ2n) is 5.71. The van der Waals surface area contributed by atoms with Gasteiger partial charge in [0.1, 0.15) is 5.82 Å². The van der Waals surface area contributed by atoms with E-state index in [0.29, 0.717) is 0 Å². The fourth-order valence-corrected chi connectivity index (χ4v) is 2.75. The van der Waals surface area contributed by atoms with Gasteiger partial charge in [0, 0.05) is 58.6 Å². The number of nitrogens with zero attached hydrogens (tertiary/aromatic N) is 4. The van der Waals surface area contributed by atoms with E-state index in [2.05, 4.69) is 53.6 Å². The maximum atomic E-state index is 9.00. The largest absolute Gasteiger partial charge is 0.395 e. The van der Waals surface area contributed by atoms with Crippen LogP contribution in [0.4, 0.5) is 0 Å². The molecule has 0 aromatic carbocycles. The van der Waals surface area contributed by atoms with Crippen LogP contribution in [0.3, 0.4) is 0 Å². The molecule has 0 bridgehead atoms. The molecule has 0 fully saturated rings. The van der Waals surface area contributed by atoms with E-state index in [9.17, 15) is 0 Å². The van der Waals surface area contributed by atoms with Crippen LogP contribution in [0.5, 0.6) is 0 Å². The zero-order valence-electron chi connectivity index (χ0n) is 14.4. The number of aliphatic hydroxyl groups is 1. The summed E-state index contributed by atoms with van der Waals surface area (Å²) in [5.74, 6) is 1.36. The third-order valence-corrected chi connectivity index (χ3v) is 4.11. The molecule has 0 aliphatic carbocycles. The second-order valence-corrected chi connectivity index (χ2v) is 5.71. The lowest BCUT2D eigenvalue weighted by Gasteiger charge is -2.41. The van der Waals surface area contributed by atoms with Gasteiger partial charge in [0.2, 0.25) is 0 Å². The van der Waals surface area contributed by atoms with Crippen molar-refractivity contribution in [3.8, 4) is 0 Å². The minimum atomic E-state index is 0.233. The molecule has 0 aromatic heterocycles. The molecule has 1 N–H and O–H groups in total. The highest BCUT2D eigenvalue weighted by Crippen LogP contribution is 2.16. The Balaban J connectivity index is 2.68. The molecular formula is C16H34N4O. The standard InChI is InChI=1S/C16H34N4O/c1-5-8-18-10-12-20(7-3)16(15-18)19(6-2)11-9-17(4)13-14-21/h15,21H,5-14H2,1-4H3. The number of rotatable bonds is 10. The summed E-state index contributed by atoms with van der Waals surface area (Å²) in [6, 6.07) is 0. The lowest BCUT2D eigenvalue weighted by Crippen LogP contribution is -2.46. The molecule has 0 unspecified atom stereocenters. The summed E-state index contributed by atoms with van der Waals surface area (Å²) in [5.41, 5.74) is 0. The summed E-state index contributed by atoms with van der Waals surface area (Å²) >= 11 is 0. The monoisotopic (exact) mass is 298 g/mol. The molecule has 1 rings (SSSR count). The Hall–Kier alpha value is -0.940. The second kappa shape index (κ2) is 9.90. The predicted molar refractivity (Wildman–Crippen MR) is 89.0 cm³/mol. The molecule has 21 heavy (non-hydrogen) atoms. The Kier molecular flexibility index (Phi) is 8.54. The van der Waals surface area contributed by atoms with Crippen LogP contribution < -0.4 is 0 Å². The zero-order chi connectivity index (χ0) is 15.7. The van der Waals surface area contributed by atoms with Crippen molar-refractivity contribution < 1.29 is 5.11 Å². The van der Waals surface area contributed by atoms with Crippen molar-refractivity contribution in [2.45, 2.75) is 27.2 Å². The van der Waals surface area contributed by atoms with Crippen LogP contribution in [0.2, 0.25) is 0 Å². The first-order valence-electron chi connectivity index (χ1n) is 8.41. The molecule has 0 atom stereocenters. The highest BCUT2D eigenvalue weighted by atomic mass is 16.3. The Morgan fingerprint density at radius 3 is 2.48 bits per heavy atom. The molecule has 0 saturated carbocycles. The number of aliphatic hydroxyl groups excluding tert-OH is 1. The van der Waals surface area contributed by atoms with E-state index >= 15 is 0 Å². The normalized spacial score (nSPS) is 15.6. The Labute approximate surface area is 130 Å². The van der Waals surface area contributed by atoms with E-state index in [-0.39, 0.29) is 6.61 Å². The van der Waals surface area contributed by atoms with Crippen LogP contribution >= 0.6 is 0 Å². The first-order valence-corrected chi connectivity index (χ1v) is 8.41. The molecule has 0 aromatic rings. The van der Waals surface area contributed by atoms with Crippen molar-refractivity contribution in [1.82, 2.24) is 19.6 Å². The van der Waals surface area contributed by atoms with Gasteiger partial charge in [-0.2, -0.15) is 0 Å². The smallest absolute Gasteiger partial charge is 0.120 e. The molecule has 0 radical (unpaired) electrons. The van der Waals surface area contributed by atoms with E-state index in [1.807, 2.05) is 0 Å². The highest BCUT2D eigenvalue weighted by Gasteiger charge is 2.20.